The number of phenols is 1. The molecule has 1 aromatic heterocycles. The van der Waals surface area contributed by atoms with Crippen LogP contribution in [0.2, 0.25) is 15.1 Å². The third-order valence-corrected chi connectivity index (χ3v) is 12.0. The third kappa shape index (κ3) is 10.4. The fraction of sp³-hybridized carbons (Fsp3) is 0.372. The molecule has 4 aromatic carbocycles. The maximum atomic E-state index is 13.8. The lowest BCUT2D eigenvalue weighted by atomic mass is 9.87. The second kappa shape index (κ2) is 18.5. The average molecular weight is 858 g/mol. The quantitative estimate of drug-likeness (QED) is 0.0832. The van der Waals surface area contributed by atoms with E-state index in [1.807, 2.05) is 24.4 Å². The average Bonchev–Trinajstić information content (AvgIpc) is 3.56. The van der Waals surface area contributed by atoms with Gasteiger partial charge in [-0.05, 0) is 98.1 Å². The first-order chi connectivity index (χ1) is 27.9. The summed E-state index contributed by atoms with van der Waals surface area (Å²) in [5.74, 6) is -0.252. The first kappa shape index (κ1) is 42.1. The highest BCUT2D eigenvalue weighted by molar-refractivity contribution is 6.36. The van der Waals surface area contributed by atoms with Crippen LogP contribution >= 0.6 is 34.8 Å². The lowest BCUT2D eigenvalue weighted by Gasteiger charge is -2.37. The molecule has 308 valence electrons. The number of amides is 1. The Morgan fingerprint density at radius 2 is 1.57 bits per heavy atom. The van der Waals surface area contributed by atoms with Crippen LogP contribution in [0.15, 0.2) is 85.1 Å². The first-order valence-electron chi connectivity index (χ1n) is 19.4. The molecule has 1 amide bonds. The topological polar surface area (TPSA) is 94.0 Å². The first-order valence-corrected chi connectivity index (χ1v) is 20.6. The van der Waals surface area contributed by atoms with E-state index in [0.29, 0.717) is 79.2 Å². The molecule has 9 nitrogen and oxygen atoms in total. The van der Waals surface area contributed by atoms with Crippen molar-refractivity contribution in [3.05, 3.63) is 117 Å². The Hall–Kier alpha value is -4.01. The molecule has 4 N–H and O–H groups in total. The van der Waals surface area contributed by atoms with Gasteiger partial charge in [-0.1, -0.05) is 59.1 Å². The molecule has 5 aromatic rings. The minimum atomic E-state index is -4.78. The summed E-state index contributed by atoms with van der Waals surface area (Å²) in [7, 11) is 0. The summed E-state index contributed by atoms with van der Waals surface area (Å²) >= 11 is 19.0. The summed E-state index contributed by atoms with van der Waals surface area (Å²) in [4.78, 5) is 18.5. The van der Waals surface area contributed by atoms with Gasteiger partial charge in [0.2, 0.25) is 5.91 Å². The molecule has 2 fully saturated rings. The van der Waals surface area contributed by atoms with Crippen LogP contribution in [0.4, 0.5) is 13.2 Å². The predicted molar refractivity (Wildman–Crippen MR) is 223 cm³/mol. The number of phenolic OH excluding ortho intramolecular Hbond substituents is 1. The summed E-state index contributed by atoms with van der Waals surface area (Å²) in [6, 6.07) is 22.8. The second-order valence-corrected chi connectivity index (χ2v) is 16.2. The number of alkyl halides is 3. The predicted octanol–water partition coefficient (Wildman–Crippen LogP) is 8.61. The third-order valence-electron chi connectivity index (χ3n) is 11.1. The van der Waals surface area contributed by atoms with Crippen molar-refractivity contribution in [3.63, 3.8) is 0 Å². The Morgan fingerprint density at radius 1 is 0.879 bits per heavy atom. The molecule has 0 radical (unpaired) electrons. The fourth-order valence-electron chi connectivity index (χ4n) is 7.88. The van der Waals surface area contributed by atoms with Crippen molar-refractivity contribution in [3.8, 4) is 22.6 Å². The number of hydrogen-bond donors (Lipinski definition) is 4. The normalized spacial score (nSPS) is 16.4. The SMILES string of the molecule is O=C(NCCCn1cc(-c2ccc(OC(F)(F)F)cc2)c2cc(CN3CCN(Cc4c(Cl)cccc4Cl)CC3)ccc21)C1(NCc2cc(Cl)ccc2O)CCNCC1. The molecule has 0 aliphatic carbocycles. The molecule has 0 spiro atoms. The van der Waals surface area contributed by atoms with Crippen LogP contribution < -0.4 is 20.7 Å². The van der Waals surface area contributed by atoms with Gasteiger partial charge >= 0.3 is 6.36 Å². The van der Waals surface area contributed by atoms with Crippen LogP contribution in [-0.2, 0) is 31.0 Å². The Kier molecular flexibility index (Phi) is 13.4. The maximum absolute atomic E-state index is 13.8. The van der Waals surface area contributed by atoms with Gasteiger partial charge < -0.3 is 25.0 Å². The van der Waals surface area contributed by atoms with Gasteiger partial charge in [0.15, 0.2) is 0 Å². The molecule has 0 unspecified atom stereocenters. The van der Waals surface area contributed by atoms with Crippen LogP contribution in [0.1, 0.15) is 36.0 Å². The number of rotatable bonds is 14. The number of ether oxygens (including phenoxy) is 1. The number of aryl methyl sites for hydroxylation is 1. The highest BCUT2D eigenvalue weighted by atomic mass is 35.5. The van der Waals surface area contributed by atoms with E-state index in [2.05, 4.69) is 53.3 Å². The van der Waals surface area contributed by atoms with E-state index in [1.54, 1.807) is 30.3 Å². The molecule has 0 atom stereocenters. The molecule has 15 heteroatoms. The van der Waals surface area contributed by atoms with Gasteiger partial charge in [0.1, 0.15) is 17.0 Å². The van der Waals surface area contributed by atoms with Crippen molar-refractivity contribution in [2.75, 3.05) is 45.8 Å². The molecule has 7 rings (SSSR count). The van der Waals surface area contributed by atoms with E-state index in [1.165, 1.54) is 12.1 Å². The van der Waals surface area contributed by atoms with Crippen LogP contribution in [-0.4, -0.2) is 83.1 Å². The zero-order valence-corrected chi connectivity index (χ0v) is 34.1. The summed E-state index contributed by atoms with van der Waals surface area (Å²) < 4.78 is 45.1. The Morgan fingerprint density at radius 3 is 2.26 bits per heavy atom. The van der Waals surface area contributed by atoms with Crippen LogP contribution in [0, 0.1) is 0 Å². The number of carbonyl (C=O) groups is 1. The van der Waals surface area contributed by atoms with Gasteiger partial charge in [-0.25, -0.2) is 0 Å². The molecule has 3 heterocycles. The number of hydrogen-bond acceptors (Lipinski definition) is 7. The molecule has 2 aliphatic heterocycles. The van der Waals surface area contributed by atoms with Gasteiger partial charge in [0.25, 0.3) is 0 Å². The van der Waals surface area contributed by atoms with Gasteiger partial charge in [-0.2, -0.15) is 0 Å². The van der Waals surface area contributed by atoms with Crippen LogP contribution in [0.3, 0.4) is 0 Å². The number of nitrogens with zero attached hydrogens (tertiary/aromatic N) is 3. The molecule has 58 heavy (non-hydrogen) atoms. The number of piperazine rings is 1. The van der Waals surface area contributed by atoms with Crippen molar-refractivity contribution < 1.29 is 27.8 Å². The highest BCUT2D eigenvalue weighted by Gasteiger charge is 2.39. The second-order valence-electron chi connectivity index (χ2n) is 15.0. The molecule has 2 saturated heterocycles. The maximum Gasteiger partial charge on any atom is 0.573 e. The minimum Gasteiger partial charge on any atom is -0.508 e. The fourth-order valence-corrected chi connectivity index (χ4v) is 8.59. The van der Waals surface area contributed by atoms with E-state index in [0.717, 1.165) is 65.9 Å². The summed E-state index contributed by atoms with van der Waals surface area (Å²) in [6.45, 7) is 7.60. The van der Waals surface area contributed by atoms with Gasteiger partial charge in [-0.3, -0.25) is 19.9 Å². The number of fused-ring (bicyclic) bond motifs is 1. The Balaban J connectivity index is 1.03. The molecule has 0 saturated carbocycles. The summed E-state index contributed by atoms with van der Waals surface area (Å²) in [5, 5.41) is 23.1. The molecular weight excluding hydrogens is 812 g/mol. The summed E-state index contributed by atoms with van der Waals surface area (Å²) in [6.07, 6.45) is -0.927. The number of carbonyl (C=O) groups excluding carboxylic acids is 1. The Labute approximate surface area is 351 Å². The van der Waals surface area contributed by atoms with Crippen molar-refractivity contribution >= 4 is 51.6 Å². The zero-order chi connectivity index (χ0) is 40.9. The minimum absolute atomic E-state index is 0.0899. The Bertz CT molecular complexity index is 2180. The zero-order valence-electron chi connectivity index (χ0n) is 31.9. The number of aromatic hydroxyl groups is 1. The van der Waals surface area contributed by atoms with Crippen molar-refractivity contribution in [2.24, 2.45) is 0 Å². The van der Waals surface area contributed by atoms with Gasteiger partial charge in [0.05, 0.1) is 0 Å². The standard InChI is InChI=1S/C43H46Cl3F3N6O3/c44-32-8-12-40(56)31(24-32)25-52-42(13-16-50-17-14-42)41(57)51-15-2-18-55-28-35(30-6-9-33(10-7-30)58-43(47,48)49)34-23-29(5-11-39(34)55)26-53-19-21-54(22-20-53)27-36-37(45)3-1-4-38(36)46/h1,3-12,23-24,28,50,52,56H,2,13-22,25-27H2,(H,51,57). The molecule has 2 aliphatic rings. The number of halogens is 6. The summed E-state index contributed by atoms with van der Waals surface area (Å²) in [5.41, 5.74) is 4.53. The lowest BCUT2D eigenvalue weighted by molar-refractivity contribution is -0.274. The van der Waals surface area contributed by atoms with Crippen molar-refractivity contribution in [1.82, 2.24) is 30.3 Å². The monoisotopic (exact) mass is 856 g/mol. The van der Waals surface area contributed by atoms with Crippen molar-refractivity contribution in [1.29, 1.82) is 0 Å². The highest BCUT2D eigenvalue weighted by Crippen LogP contribution is 2.34. The smallest absolute Gasteiger partial charge is 0.508 e. The van der Waals surface area contributed by atoms with Crippen LogP contribution in [0.5, 0.6) is 11.5 Å². The van der Waals surface area contributed by atoms with Crippen LogP contribution in [0.25, 0.3) is 22.0 Å². The van der Waals surface area contributed by atoms with Crippen molar-refractivity contribution in [2.45, 2.75) is 57.3 Å². The van der Waals surface area contributed by atoms with E-state index < -0.39 is 11.9 Å². The lowest BCUT2D eigenvalue weighted by Crippen LogP contribution is -2.61. The van der Waals surface area contributed by atoms with E-state index in [-0.39, 0.29) is 17.4 Å². The number of benzene rings is 4. The molecular formula is C43H46Cl3F3N6O3. The van der Waals surface area contributed by atoms with Gasteiger partial charge in [0, 0.05) is 108 Å². The largest absolute Gasteiger partial charge is 0.573 e. The van der Waals surface area contributed by atoms with E-state index >= 15 is 0 Å². The molecule has 0 bridgehead atoms. The van der Waals surface area contributed by atoms with E-state index in [9.17, 15) is 23.1 Å². The number of piperidine rings is 1. The van der Waals surface area contributed by atoms with E-state index in [4.69, 9.17) is 34.8 Å². The van der Waals surface area contributed by atoms with Gasteiger partial charge in [-0.15, -0.1) is 13.2 Å². The number of aromatic nitrogens is 1. The number of nitrogens with one attached hydrogen (secondary N) is 3.